The molecule has 1 aromatic rings. The van der Waals surface area contributed by atoms with E-state index in [9.17, 15) is 19.2 Å². The number of carbonyl (C=O) groups is 4. The molecular weight excluding hydrogens is 424 g/mol. The quantitative estimate of drug-likeness (QED) is 0.247. The van der Waals surface area contributed by atoms with Crippen LogP contribution in [0.1, 0.15) is 65.4 Å². The highest BCUT2D eigenvalue weighted by Crippen LogP contribution is 2.13. The molecular formula is C24H38N4O5. The first-order chi connectivity index (χ1) is 15.7. The SMILES string of the molecule is CCCC(=O)N[C@H](C(=O)N[C@@H](CCCCN)C(=O)Nc1ccc(COC(C)=O)cc1)C(C)C. The van der Waals surface area contributed by atoms with Crippen molar-refractivity contribution in [1.82, 2.24) is 10.6 Å². The molecule has 0 aliphatic heterocycles. The third kappa shape index (κ3) is 11.0. The van der Waals surface area contributed by atoms with E-state index in [4.69, 9.17) is 10.5 Å². The Balaban J connectivity index is 2.85. The van der Waals surface area contributed by atoms with Crippen LogP contribution in [0.5, 0.6) is 0 Å². The van der Waals surface area contributed by atoms with Gasteiger partial charge in [0.15, 0.2) is 0 Å². The second kappa shape index (κ2) is 15.0. The molecule has 0 aliphatic rings. The number of anilines is 1. The van der Waals surface area contributed by atoms with Crippen molar-refractivity contribution in [2.75, 3.05) is 11.9 Å². The molecule has 184 valence electrons. The molecule has 0 aromatic heterocycles. The predicted molar refractivity (Wildman–Crippen MR) is 127 cm³/mol. The zero-order chi connectivity index (χ0) is 24.8. The van der Waals surface area contributed by atoms with Gasteiger partial charge >= 0.3 is 5.97 Å². The van der Waals surface area contributed by atoms with E-state index < -0.39 is 12.1 Å². The highest BCUT2D eigenvalue weighted by Gasteiger charge is 2.28. The largest absolute Gasteiger partial charge is 0.461 e. The van der Waals surface area contributed by atoms with E-state index in [-0.39, 0.29) is 36.2 Å². The lowest BCUT2D eigenvalue weighted by atomic mass is 10.0. The fourth-order valence-corrected chi connectivity index (χ4v) is 3.13. The molecule has 2 atom stereocenters. The molecule has 0 heterocycles. The normalized spacial score (nSPS) is 12.5. The summed E-state index contributed by atoms with van der Waals surface area (Å²) in [5, 5.41) is 8.39. The maximum atomic E-state index is 12.9. The van der Waals surface area contributed by atoms with Gasteiger partial charge in [-0.25, -0.2) is 0 Å². The summed E-state index contributed by atoms with van der Waals surface area (Å²) in [7, 11) is 0. The smallest absolute Gasteiger partial charge is 0.302 e. The summed E-state index contributed by atoms with van der Waals surface area (Å²) in [4.78, 5) is 48.8. The van der Waals surface area contributed by atoms with Gasteiger partial charge in [-0.3, -0.25) is 19.2 Å². The maximum Gasteiger partial charge on any atom is 0.302 e. The Hall–Kier alpha value is -2.94. The van der Waals surface area contributed by atoms with E-state index in [2.05, 4.69) is 16.0 Å². The van der Waals surface area contributed by atoms with Crippen molar-refractivity contribution >= 4 is 29.4 Å². The van der Waals surface area contributed by atoms with Gasteiger partial charge in [0.1, 0.15) is 18.7 Å². The Kier molecular flexibility index (Phi) is 12.8. The van der Waals surface area contributed by atoms with Crippen molar-refractivity contribution in [1.29, 1.82) is 0 Å². The molecule has 0 saturated carbocycles. The Bertz CT molecular complexity index is 780. The van der Waals surface area contributed by atoms with Gasteiger partial charge in [0.2, 0.25) is 17.7 Å². The van der Waals surface area contributed by atoms with E-state index >= 15 is 0 Å². The van der Waals surface area contributed by atoms with Crippen molar-refractivity contribution in [2.45, 2.75) is 78.5 Å². The van der Waals surface area contributed by atoms with Crippen LogP contribution >= 0.6 is 0 Å². The Labute approximate surface area is 196 Å². The monoisotopic (exact) mass is 462 g/mol. The van der Waals surface area contributed by atoms with Crippen LogP contribution < -0.4 is 21.7 Å². The van der Waals surface area contributed by atoms with Crippen LogP contribution in [0.25, 0.3) is 0 Å². The van der Waals surface area contributed by atoms with Gasteiger partial charge in [-0.1, -0.05) is 32.9 Å². The van der Waals surface area contributed by atoms with E-state index in [1.165, 1.54) is 6.92 Å². The summed E-state index contributed by atoms with van der Waals surface area (Å²) in [6, 6.07) is 5.41. The van der Waals surface area contributed by atoms with Crippen molar-refractivity contribution in [2.24, 2.45) is 11.7 Å². The number of hydrogen-bond donors (Lipinski definition) is 4. The van der Waals surface area contributed by atoms with Crippen LogP contribution in [-0.4, -0.2) is 42.3 Å². The van der Waals surface area contributed by atoms with Crippen LogP contribution in [0, 0.1) is 5.92 Å². The molecule has 9 nitrogen and oxygen atoms in total. The molecule has 0 unspecified atom stereocenters. The average Bonchev–Trinajstić information content (AvgIpc) is 2.76. The lowest BCUT2D eigenvalue weighted by Gasteiger charge is -2.25. The number of nitrogens with two attached hydrogens (primary N) is 1. The second-order valence-electron chi connectivity index (χ2n) is 8.35. The lowest BCUT2D eigenvalue weighted by molar-refractivity contribution is -0.142. The van der Waals surface area contributed by atoms with Crippen molar-refractivity contribution in [3.8, 4) is 0 Å². The zero-order valence-electron chi connectivity index (χ0n) is 20.1. The van der Waals surface area contributed by atoms with Gasteiger partial charge in [-0.2, -0.15) is 0 Å². The summed E-state index contributed by atoms with van der Waals surface area (Å²) in [6.07, 6.45) is 2.84. The maximum absolute atomic E-state index is 12.9. The number of unbranched alkanes of at least 4 members (excludes halogenated alkanes) is 1. The molecule has 9 heteroatoms. The van der Waals surface area contributed by atoms with E-state index in [1.54, 1.807) is 24.3 Å². The molecule has 0 fully saturated rings. The third-order valence-corrected chi connectivity index (χ3v) is 4.99. The van der Waals surface area contributed by atoms with E-state index in [1.807, 2.05) is 20.8 Å². The molecule has 0 radical (unpaired) electrons. The van der Waals surface area contributed by atoms with Crippen LogP contribution in [0.3, 0.4) is 0 Å². The van der Waals surface area contributed by atoms with Crippen LogP contribution in [0.2, 0.25) is 0 Å². The minimum absolute atomic E-state index is 0.136. The summed E-state index contributed by atoms with van der Waals surface area (Å²) in [5.74, 6) is -1.43. The summed E-state index contributed by atoms with van der Waals surface area (Å²) in [6.45, 7) is 7.57. The fourth-order valence-electron chi connectivity index (χ4n) is 3.13. The highest BCUT2D eigenvalue weighted by atomic mass is 16.5. The molecule has 1 rings (SSSR count). The molecule has 5 N–H and O–H groups in total. The minimum Gasteiger partial charge on any atom is -0.461 e. The Morgan fingerprint density at radius 1 is 1.00 bits per heavy atom. The summed E-state index contributed by atoms with van der Waals surface area (Å²) < 4.78 is 4.96. The van der Waals surface area contributed by atoms with E-state index in [0.717, 1.165) is 12.0 Å². The number of ether oxygens (including phenoxy) is 1. The average molecular weight is 463 g/mol. The Morgan fingerprint density at radius 2 is 1.67 bits per heavy atom. The van der Waals surface area contributed by atoms with Gasteiger partial charge in [0.25, 0.3) is 0 Å². The Morgan fingerprint density at radius 3 is 2.21 bits per heavy atom. The molecule has 0 saturated heterocycles. The number of esters is 1. The molecule has 33 heavy (non-hydrogen) atoms. The first kappa shape index (κ1) is 28.1. The first-order valence-electron chi connectivity index (χ1n) is 11.5. The van der Waals surface area contributed by atoms with Crippen LogP contribution in [0.15, 0.2) is 24.3 Å². The number of nitrogens with one attached hydrogen (secondary N) is 3. The highest BCUT2D eigenvalue weighted by molar-refractivity contribution is 5.98. The number of amides is 3. The topological polar surface area (TPSA) is 140 Å². The van der Waals surface area contributed by atoms with E-state index in [0.29, 0.717) is 37.9 Å². The first-order valence-corrected chi connectivity index (χ1v) is 11.5. The van der Waals surface area contributed by atoms with Crippen molar-refractivity contribution in [3.05, 3.63) is 29.8 Å². The standard InChI is InChI=1S/C24H38N4O5/c1-5-8-21(30)28-22(16(2)3)24(32)27-20(9-6-7-14-25)23(31)26-19-12-10-18(11-13-19)15-33-17(4)29/h10-13,16,20,22H,5-9,14-15,25H2,1-4H3,(H,26,31)(H,27,32)(H,28,30)/t20-,22-/m0/s1. The van der Waals surface area contributed by atoms with Crippen LogP contribution in [0.4, 0.5) is 5.69 Å². The summed E-state index contributed by atoms with van der Waals surface area (Å²) in [5.41, 5.74) is 6.92. The molecule has 3 amide bonds. The zero-order valence-corrected chi connectivity index (χ0v) is 20.1. The number of hydrogen-bond acceptors (Lipinski definition) is 6. The van der Waals surface area contributed by atoms with Crippen molar-refractivity contribution in [3.63, 3.8) is 0 Å². The van der Waals surface area contributed by atoms with Gasteiger partial charge < -0.3 is 26.4 Å². The van der Waals surface area contributed by atoms with Gasteiger partial charge in [0.05, 0.1) is 0 Å². The second-order valence-corrected chi connectivity index (χ2v) is 8.35. The minimum atomic E-state index is -0.769. The molecule has 0 aliphatic carbocycles. The van der Waals surface area contributed by atoms with Gasteiger partial charge in [-0.15, -0.1) is 0 Å². The predicted octanol–water partition coefficient (Wildman–Crippen LogP) is 2.24. The number of rotatable bonds is 14. The number of carbonyl (C=O) groups excluding carboxylic acids is 4. The van der Waals surface area contributed by atoms with Gasteiger partial charge in [0, 0.05) is 19.0 Å². The lowest BCUT2D eigenvalue weighted by Crippen LogP contribution is -2.54. The number of benzene rings is 1. The van der Waals surface area contributed by atoms with Crippen LogP contribution in [-0.2, 0) is 30.5 Å². The molecule has 0 bridgehead atoms. The third-order valence-electron chi connectivity index (χ3n) is 4.99. The summed E-state index contributed by atoms with van der Waals surface area (Å²) >= 11 is 0. The molecule has 1 aromatic carbocycles. The van der Waals surface area contributed by atoms with Crippen molar-refractivity contribution < 1.29 is 23.9 Å². The molecule has 0 spiro atoms. The van der Waals surface area contributed by atoms with Gasteiger partial charge in [-0.05, 0) is 55.8 Å². The fraction of sp³-hybridized carbons (Fsp3) is 0.583.